The molecular formula is C19H16F3N3O3. The van der Waals surface area contributed by atoms with E-state index in [2.05, 4.69) is 4.98 Å². The van der Waals surface area contributed by atoms with Crippen LogP contribution in [0.15, 0.2) is 47.4 Å². The Morgan fingerprint density at radius 2 is 1.86 bits per heavy atom. The Hall–Kier alpha value is -3.23. The van der Waals surface area contributed by atoms with Crippen molar-refractivity contribution in [1.82, 2.24) is 9.55 Å². The van der Waals surface area contributed by atoms with Gasteiger partial charge in [-0.25, -0.2) is 4.98 Å². The Morgan fingerprint density at radius 3 is 2.43 bits per heavy atom. The highest BCUT2D eigenvalue weighted by Gasteiger charge is 2.31. The molecule has 1 aromatic carbocycles. The van der Waals surface area contributed by atoms with Gasteiger partial charge in [0.25, 0.3) is 0 Å². The molecule has 0 saturated carbocycles. The first-order chi connectivity index (χ1) is 13.3. The number of aryl methyl sites for hydroxylation is 1. The van der Waals surface area contributed by atoms with E-state index in [-0.39, 0.29) is 23.3 Å². The first-order valence-electron chi connectivity index (χ1n) is 8.59. The summed E-state index contributed by atoms with van der Waals surface area (Å²) < 4.78 is 39.8. The molecule has 3 rings (SSSR count). The second-order valence-electron chi connectivity index (χ2n) is 6.24. The molecule has 0 amide bonds. The largest absolute Gasteiger partial charge is 0.416 e. The zero-order valence-electron chi connectivity index (χ0n) is 14.9. The maximum atomic E-state index is 12.9. The molecule has 6 nitrogen and oxygen atoms in total. The van der Waals surface area contributed by atoms with Gasteiger partial charge >= 0.3 is 17.4 Å². The summed E-state index contributed by atoms with van der Waals surface area (Å²) in [5.41, 5.74) is -1.98. The van der Waals surface area contributed by atoms with Gasteiger partial charge in [-0.3, -0.25) is 19.5 Å². The number of nitrogens with zero attached hydrogens (tertiary/aromatic N) is 3. The summed E-state index contributed by atoms with van der Waals surface area (Å²) in [7, 11) is 0. The lowest BCUT2D eigenvalue weighted by molar-refractivity contribution is -0.385. The van der Waals surface area contributed by atoms with Crippen LogP contribution in [0.5, 0.6) is 0 Å². The summed E-state index contributed by atoms with van der Waals surface area (Å²) in [5, 5.41) is 12.0. The van der Waals surface area contributed by atoms with E-state index in [0.29, 0.717) is 11.8 Å². The third kappa shape index (κ3) is 3.47. The number of hydrogen-bond donors (Lipinski definition) is 0. The summed E-state index contributed by atoms with van der Waals surface area (Å²) in [6.45, 7) is 2.18. The van der Waals surface area contributed by atoms with Crippen LogP contribution in [0.3, 0.4) is 0 Å². The van der Waals surface area contributed by atoms with Gasteiger partial charge in [-0.05, 0) is 36.2 Å². The van der Waals surface area contributed by atoms with Crippen molar-refractivity contribution in [1.29, 1.82) is 0 Å². The highest BCUT2D eigenvalue weighted by Crippen LogP contribution is 2.36. The summed E-state index contributed by atoms with van der Waals surface area (Å²) in [5.74, 6) is 0. The van der Waals surface area contributed by atoms with Crippen molar-refractivity contribution >= 4 is 16.7 Å². The van der Waals surface area contributed by atoms with Crippen LogP contribution < -0.4 is 5.56 Å². The van der Waals surface area contributed by atoms with E-state index in [1.165, 1.54) is 10.8 Å². The van der Waals surface area contributed by atoms with Gasteiger partial charge < -0.3 is 0 Å². The van der Waals surface area contributed by atoms with E-state index >= 15 is 0 Å². The second kappa shape index (κ2) is 7.41. The number of benzene rings is 1. The van der Waals surface area contributed by atoms with Crippen molar-refractivity contribution in [2.75, 3.05) is 0 Å². The van der Waals surface area contributed by atoms with Crippen LogP contribution in [0, 0.1) is 10.1 Å². The normalized spacial score (nSPS) is 11.7. The molecule has 2 aromatic heterocycles. The van der Waals surface area contributed by atoms with Gasteiger partial charge in [0.1, 0.15) is 5.65 Å². The number of pyridine rings is 2. The highest BCUT2D eigenvalue weighted by molar-refractivity contribution is 5.97. The smallest absolute Gasteiger partial charge is 0.287 e. The highest BCUT2D eigenvalue weighted by atomic mass is 19.4. The number of hydrogen-bond acceptors (Lipinski definition) is 4. The fraction of sp³-hybridized carbons (Fsp3) is 0.263. The van der Waals surface area contributed by atoms with Crippen molar-refractivity contribution in [3.63, 3.8) is 0 Å². The molecule has 0 N–H and O–H groups in total. The van der Waals surface area contributed by atoms with Crippen LogP contribution in [-0.2, 0) is 12.7 Å². The van der Waals surface area contributed by atoms with Crippen LogP contribution in [0.25, 0.3) is 22.2 Å². The number of unbranched alkanes of at least 4 members (excludes halogenated alkanes) is 1. The standard InChI is InChI=1S/C19H16F3N3O3/c1-2-3-11-24-17-14(5-4-10-23-17)15(16(18(24)26)25(27)28)12-6-8-13(9-7-12)19(20,21)22/h4-10H,2-3,11H2,1H3. The number of halogens is 3. The minimum atomic E-state index is -4.53. The summed E-state index contributed by atoms with van der Waals surface area (Å²) in [6.07, 6.45) is -1.66. The zero-order chi connectivity index (χ0) is 20.5. The maximum absolute atomic E-state index is 12.9. The van der Waals surface area contributed by atoms with Crippen LogP contribution in [0.1, 0.15) is 25.3 Å². The van der Waals surface area contributed by atoms with Crippen LogP contribution in [0.4, 0.5) is 18.9 Å². The van der Waals surface area contributed by atoms with E-state index in [0.717, 1.165) is 30.7 Å². The average molecular weight is 391 g/mol. The monoisotopic (exact) mass is 391 g/mol. The molecule has 9 heteroatoms. The van der Waals surface area contributed by atoms with E-state index < -0.39 is 27.9 Å². The van der Waals surface area contributed by atoms with Gasteiger partial charge in [0.05, 0.1) is 16.1 Å². The quantitative estimate of drug-likeness (QED) is 0.463. The van der Waals surface area contributed by atoms with Crippen molar-refractivity contribution < 1.29 is 18.1 Å². The van der Waals surface area contributed by atoms with Crippen LogP contribution >= 0.6 is 0 Å². The van der Waals surface area contributed by atoms with Gasteiger partial charge in [0.15, 0.2) is 0 Å². The predicted octanol–water partition coefficient (Wildman–Crippen LogP) is 4.79. The van der Waals surface area contributed by atoms with Gasteiger partial charge in [-0.1, -0.05) is 25.5 Å². The van der Waals surface area contributed by atoms with E-state index in [9.17, 15) is 28.1 Å². The van der Waals surface area contributed by atoms with Gasteiger partial charge in [0.2, 0.25) is 0 Å². The maximum Gasteiger partial charge on any atom is 0.416 e. The molecule has 0 fully saturated rings. The van der Waals surface area contributed by atoms with Crippen molar-refractivity contribution in [3.8, 4) is 11.1 Å². The number of fused-ring (bicyclic) bond motifs is 1. The van der Waals surface area contributed by atoms with E-state index in [4.69, 9.17) is 0 Å². The lowest BCUT2D eigenvalue weighted by Crippen LogP contribution is -2.25. The number of alkyl halides is 3. The lowest BCUT2D eigenvalue weighted by Gasteiger charge is -2.14. The summed E-state index contributed by atoms with van der Waals surface area (Å²) in [4.78, 5) is 28.0. The lowest BCUT2D eigenvalue weighted by atomic mass is 9.99. The Bertz CT molecular complexity index is 1090. The molecule has 0 aliphatic carbocycles. The molecule has 28 heavy (non-hydrogen) atoms. The molecule has 0 atom stereocenters. The third-order valence-corrected chi connectivity index (χ3v) is 4.41. The van der Waals surface area contributed by atoms with Gasteiger partial charge in [-0.15, -0.1) is 0 Å². The molecule has 2 heterocycles. The minimum absolute atomic E-state index is 0.0282. The fourth-order valence-electron chi connectivity index (χ4n) is 3.08. The van der Waals surface area contributed by atoms with Crippen molar-refractivity contribution in [2.45, 2.75) is 32.5 Å². The van der Waals surface area contributed by atoms with Crippen molar-refractivity contribution in [2.24, 2.45) is 0 Å². The molecule has 0 radical (unpaired) electrons. The average Bonchev–Trinajstić information content (AvgIpc) is 2.65. The zero-order valence-corrected chi connectivity index (χ0v) is 14.9. The summed E-state index contributed by atoms with van der Waals surface area (Å²) in [6, 6.07) is 7.08. The Morgan fingerprint density at radius 1 is 1.18 bits per heavy atom. The van der Waals surface area contributed by atoms with Crippen LogP contribution in [0.2, 0.25) is 0 Å². The number of aromatic nitrogens is 2. The second-order valence-corrected chi connectivity index (χ2v) is 6.24. The van der Waals surface area contributed by atoms with Crippen LogP contribution in [-0.4, -0.2) is 14.5 Å². The van der Waals surface area contributed by atoms with Gasteiger partial charge in [0, 0.05) is 18.1 Å². The number of nitro groups is 1. The molecule has 0 bridgehead atoms. The third-order valence-electron chi connectivity index (χ3n) is 4.41. The molecule has 0 saturated heterocycles. The molecule has 0 spiro atoms. The Balaban J connectivity index is 2.35. The Labute approximate surface area is 157 Å². The Kier molecular flexibility index (Phi) is 5.17. The first kappa shape index (κ1) is 19.5. The van der Waals surface area contributed by atoms with E-state index in [1.54, 1.807) is 12.1 Å². The summed E-state index contributed by atoms with van der Waals surface area (Å²) >= 11 is 0. The van der Waals surface area contributed by atoms with Crippen molar-refractivity contribution in [3.05, 3.63) is 68.6 Å². The fourth-order valence-corrected chi connectivity index (χ4v) is 3.08. The molecule has 3 aromatic rings. The molecule has 0 unspecified atom stereocenters. The van der Waals surface area contributed by atoms with Gasteiger partial charge in [-0.2, -0.15) is 13.2 Å². The predicted molar refractivity (Wildman–Crippen MR) is 98.0 cm³/mol. The van der Waals surface area contributed by atoms with E-state index in [1.807, 2.05) is 6.92 Å². The molecule has 146 valence electrons. The molecule has 0 aliphatic rings. The minimum Gasteiger partial charge on any atom is -0.287 e. The first-order valence-corrected chi connectivity index (χ1v) is 8.59. The topological polar surface area (TPSA) is 78.0 Å². The number of rotatable bonds is 5. The SMILES string of the molecule is CCCCn1c(=O)c([N+](=O)[O-])c(-c2ccc(C(F)(F)F)cc2)c2cccnc21. The molecular weight excluding hydrogens is 375 g/mol. The molecule has 0 aliphatic heterocycles.